The van der Waals surface area contributed by atoms with Crippen molar-refractivity contribution in [2.24, 2.45) is 0 Å². The van der Waals surface area contributed by atoms with Crippen LogP contribution in [0, 0.1) is 6.92 Å². The maximum atomic E-state index is 11.8. The highest BCUT2D eigenvalue weighted by molar-refractivity contribution is 5.72. The van der Waals surface area contributed by atoms with Crippen LogP contribution in [0.1, 0.15) is 44.4 Å². The Morgan fingerprint density at radius 1 is 1.25 bits per heavy atom. The Hall–Kier alpha value is -2.04. The van der Waals surface area contributed by atoms with Gasteiger partial charge in [-0.3, -0.25) is 4.79 Å². The first-order valence-electron chi connectivity index (χ1n) is 6.45. The summed E-state index contributed by atoms with van der Waals surface area (Å²) in [5.41, 5.74) is 1.19. The van der Waals surface area contributed by atoms with Gasteiger partial charge in [0, 0.05) is 0 Å². The average Bonchev–Trinajstić information content (AvgIpc) is 2.25. The lowest BCUT2D eigenvalue weighted by atomic mass is 10.0. The molecule has 1 aromatic rings. The summed E-state index contributed by atoms with van der Waals surface area (Å²) < 4.78 is 5.15. The molecule has 20 heavy (non-hydrogen) atoms. The number of amides is 1. The predicted octanol–water partition coefficient (Wildman–Crippen LogP) is 3.04. The molecule has 0 fully saturated rings. The lowest BCUT2D eigenvalue weighted by Crippen LogP contribution is -2.35. The number of carbonyl (C=O) groups excluding carboxylic acids is 1. The summed E-state index contributed by atoms with van der Waals surface area (Å²) in [6.07, 6.45) is -0.813. The zero-order chi connectivity index (χ0) is 15.3. The molecule has 0 aromatic heterocycles. The second-order valence-electron chi connectivity index (χ2n) is 5.71. The molecule has 5 nitrogen and oxygen atoms in total. The van der Waals surface area contributed by atoms with Crippen LogP contribution >= 0.6 is 0 Å². The zero-order valence-corrected chi connectivity index (χ0v) is 12.3. The van der Waals surface area contributed by atoms with Crippen LogP contribution in [0.15, 0.2) is 24.3 Å². The maximum absolute atomic E-state index is 11.8. The van der Waals surface area contributed by atoms with Gasteiger partial charge in [-0.25, -0.2) is 4.79 Å². The Morgan fingerprint density at radius 2 is 1.80 bits per heavy atom. The van der Waals surface area contributed by atoms with Gasteiger partial charge in [-0.05, 0) is 33.3 Å². The van der Waals surface area contributed by atoms with E-state index in [1.807, 2.05) is 19.1 Å². The van der Waals surface area contributed by atoms with E-state index in [1.165, 1.54) is 0 Å². The summed E-state index contributed by atoms with van der Waals surface area (Å²) >= 11 is 0. The second-order valence-corrected chi connectivity index (χ2v) is 5.71. The number of aryl methyl sites for hydroxylation is 1. The van der Waals surface area contributed by atoms with Gasteiger partial charge >= 0.3 is 12.1 Å². The van der Waals surface area contributed by atoms with Crippen LogP contribution in [0.3, 0.4) is 0 Å². The van der Waals surface area contributed by atoms with Crippen LogP contribution < -0.4 is 5.32 Å². The lowest BCUT2D eigenvalue weighted by molar-refractivity contribution is -0.137. The van der Waals surface area contributed by atoms with E-state index < -0.39 is 23.7 Å². The number of carbonyl (C=O) groups is 2. The molecule has 0 spiro atoms. The summed E-state index contributed by atoms with van der Waals surface area (Å²) in [4.78, 5) is 22.7. The van der Waals surface area contributed by atoms with Crippen LogP contribution in [-0.2, 0) is 9.53 Å². The molecule has 110 valence electrons. The maximum Gasteiger partial charge on any atom is 0.408 e. The Kier molecular flexibility index (Phi) is 5.13. The van der Waals surface area contributed by atoms with E-state index in [0.717, 1.165) is 11.1 Å². The molecular formula is C15H21NO4. The monoisotopic (exact) mass is 279 g/mol. The summed E-state index contributed by atoms with van der Waals surface area (Å²) in [6.45, 7) is 7.21. The third-order valence-corrected chi connectivity index (χ3v) is 2.55. The van der Waals surface area contributed by atoms with E-state index >= 15 is 0 Å². The number of carboxylic acids is 1. The first-order chi connectivity index (χ1) is 9.17. The highest BCUT2D eigenvalue weighted by atomic mass is 16.6. The van der Waals surface area contributed by atoms with E-state index in [0.29, 0.717) is 0 Å². The van der Waals surface area contributed by atoms with Crippen molar-refractivity contribution in [1.82, 2.24) is 5.32 Å². The van der Waals surface area contributed by atoms with Gasteiger partial charge in [-0.2, -0.15) is 0 Å². The number of ether oxygens (including phenoxy) is 1. The number of carboxylic acid groups (broad SMARTS) is 1. The van der Waals surface area contributed by atoms with Crippen LogP contribution in [0.5, 0.6) is 0 Å². The van der Waals surface area contributed by atoms with Gasteiger partial charge in [0.25, 0.3) is 0 Å². The van der Waals surface area contributed by atoms with Crippen LogP contribution in [0.25, 0.3) is 0 Å². The fourth-order valence-electron chi connectivity index (χ4n) is 1.68. The van der Waals surface area contributed by atoms with Gasteiger partial charge in [-0.15, -0.1) is 0 Å². The first-order valence-corrected chi connectivity index (χ1v) is 6.45. The highest BCUT2D eigenvalue weighted by Crippen LogP contribution is 2.18. The summed E-state index contributed by atoms with van der Waals surface area (Å²) in [6, 6.07) is 6.76. The van der Waals surface area contributed by atoms with Crippen LogP contribution in [0.2, 0.25) is 0 Å². The molecular weight excluding hydrogens is 258 g/mol. The number of rotatable bonds is 4. The minimum absolute atomic E-state index is 0.192. The predicted molar refractivity (Wildman–Crippen MR) is 75.5 cm³/mol. The van der Waals surface area contributed by atoms with Gasteiger partial charge in [0.15, 0.2) is 0 Å². The van der Waals surface area contributed by atoms with Gasteiger partial charge in [-0.1, -0.05) is 29.8 Å². The molecule has 0 aliphatic carbocycles. The van der Waals surface area contributed by atoms with Crippen LogP contribution in [0.4, 0.5) is 4.79 Å². The molecule has 1 aromatic carbocycles. The molecule has 0 heterocycles. The molecule has 1 amide bonds. The van der Waals surface area contributed by atoms with Crippen molar-refractivity contribution in [1.29, 1.82) is 0 Å². The Bertz CT molecular complexity index is 474. The number of hydrogen-bond acceptors (Lipinski definition) is 3. The van der Waals surface area contributed by atoms with Crippen LogP contribution in [-0.4, -0.2) is 22.8 Å². The van der Waals surface area contributed by atoms with Gasteiger partial charge in [0.2, 0.25) is 0 Å². The molecule has 0 aliphatic rings. The third-order valence-electron chi connectivity index (χ3n) is 2.55. The summed E-state index contributed by atoms with van der Waals surface area (Å²) in [5.74, 6) is -0.980. The van der Waals surface area contributed by atoms with Gasteiger partial charge in [0.05, 0.1) is 12.5 Å². The zero-order valence-electron chi connectivity index (χ0n) is 12.3. The van der Waals surface area contributed by atoms with E-state index in [9.17, 15) is 9.59 Å². The van der Waals surface area contributed by atoms with Crippen molar-refractivity contribution in [2.75, 3.05) is 0 Å². The molecule has 0 saturated carbocycles. The molecule has 1 rings (SSSR count). The molecule has 1 unspecified atom stereocenters. The fourth-order valence-corrected chi connectivity index (χ4v) is 1.68. The highest BCUT2D eigenvalue weighted by Gasteiger charge is 2.22. The number of hydrogen-bond donors (Lipinski definition) is 2. The number of nitrogens with one attached hydrogen (secondary N) is 1. The average molecular weight is 279 g/mol. The Balaban J connectivity index is 2.82. The molecule has 1 atom stereocenters. The second kappa shape index (κ2) is 6.41. The van der Waals surface area contributed by atoms with Crippen molar-refractivity contribution in [2.45, 2.75) is 45.8 Å². The lowest BCUT2D eigenvalue weighted by Gasteiger charge is -2.23. The van der Waals surface area contributed by atoms with Gasteiger partial charge < -0.3 is 15.2 Å². The minimum atomic E-state index is -0.980. The molecule has 0 radical (unpaired) electrons. The van der Waals surface area contributed by atoms with E-state index in [-0.39, 0.29) is 6.42 Å². The van der Waals surface area contributed by atoms with Crippen molar-refractivity contribution >= 4 is 12.1 Å². The van der Waals surface area contributed by atoms with Crippen molar-refractivity contribution < 1.29 is 19.4 Å². The largest absolute Gasteiger partial charge is 0.481 e. The number of benzene rings is 1. The molecule has 5 heteroatoms. The summed E-state index contributed by atoms with van der Waals surface area (Å²) in [7, 11) is 0. The smallest absolute Gasteiger partial charge is 0.408 e. The third kappa shape index (κ3) is 5.73. The molecule has 0 saturated heterocycles. The molecule has 0 aliphatic heterocycles. The van der Waals surface area contributed by atoms with Crippen molar-refractivity contribution in [3.63, 3.8) is 0 Å². The van der Waals surface area contributed by atoms with E-state index in [4.69, 9.17) is 9.84 Å². The topological polar surface area (TPSA) is 75.6 Å². The Labute approximate surface area is 118 Å². The molecule has 2 N–H and O–H groups in total. The fraction of sp³-hybridized carbons (Fsp3) is 0.467. The van der Waals surface area contributed by atoms with E-state index in [1.54, 1.807) is 32.9 Å². The van der Waals surface area contributed by atoms with Crippen molar-refractivity contribution in [3.8, 4) is 0 Å². The SMILES string of the molecule is Cc1ccc(C(CC(=O)O)NC(=O)OC(C)(C)C)cc1. The normalized spacial score (nSPS) is 12.6. The first kappa shape index (κ1) is 16.0. The number of alkyl carbamates (subject to hydrolysis) is 1. The standard InChI is InChI=1S/C15H21NO4/c1-10-5-7-11(8-6-10)12(9-13(17)18)16-14(19)20-15(2,3)4/h5-8,12H,9H2,1-4H3,(H,16,19)(H,17,18). The number of aliphatic carboxylic acids is 1. The minimum Gasteiger partial charge on any atom is -0.481 e. The molecule has 0 bridgehead atoms. The quantitative estimate of drug-likeness (QED) is 0.888. The van der Waals surface area contributed by atoms with E-state index in [2.05, 4.69) is 5.32 Å². The van der Waals surface area contributed by atoms with Crippen molar-refractivity contribution in [3.05, 3.63) is 35.4 Å². The van der Waals surface area contributed by atoms with Gasteiger partial charge in [0.1, 0.15) is 5.60 Å². The Morgan fingerprint density at radius 3 is 2.25 bits per heavy atom. The summed E-state index contributed by atoms with van der Waals surface area (Å²) in [5, 5.41) is 11.6.